The van der Waals surface area contributed by atoms with Crippen LogP contribution < -0.4 is 10.2 Å². The van der Waals surface area contributed by atoms with Gasteiger partial charge in [-0.3, -0.25) is 9.59 Å². The number of nitrogens with zero attached hydrogens (tertiary/aromatic N) is 2. The summed E-state index contributed by atoms with van der Waals surface area (Å²) >= 11 is 1.39. The molecule has 24 heavy (non-hydrogen) atoms. The number of benzene rings is 1. The monoisotopic (exact) mass is 345 g/mol. The van der Waals surface area contributed by atoms with Crippen LogP contribution in [0, 0.1) is 6.92 Å². The van der Waals surface area contributed by atoms with Crippen molar-refractivity contribution in [2.24, 2.45) is 0 Å². The highest BCUT2D eigenvalue weighted by atomic mass is 32.1. The number of ether oxygens (including phenoxy) is 1. The molecule has 0 unspecified atom stereocenters. The normalized spacial score (nSPS) is 14.2. The second-order valence-corrected chi connectivity index (χ2v) is 6.55. The van der Waals surface area contributed by atoms with Crippen LogP contribution in [0.3, 0.4) is 0 Å². The molecule has 1 fully saturated rings. The van der Waals surface area contributed by atoms with Gasteiger partial charge in [0.05, 0.1) is 6.61 Å². The molecule has 0 radical (unpaired) electrons. The summed E-state index contributed by atoms with van der Waals surface area (Å²) in [6.45, 7) is 3.03. The molecule has 1 aliphatic rings. The first-order valence-electron chi connectivity index (χ1n) is 7.75. The van der Waals surface area contributed by atoms with Gasteiger partial charge >= 0.3 is 0 Å². The van der Waals surface area contributed by atoms with E-state index in [1.807, 2.05) is 25.1 Å². The molecule has 6 nitrogen and oxygen atoms in total. The molecule has 1 aromatic carbocycles. The average molecular weight is 345 g/mol. The molecule has 0 aliphatic carbocycles. The van der Waals surface area contributed by atoms with Crippen molar-refractivity contribution >= 4 is 34.5 Å². The van der Waals surface area contributed by atoms with Crippen LogP contribution in [0.25, 0.3) is 0 Å². The summed E-state index contributed by atoms with van der Waals surface area (Å²) in [5.74, 6) is -0.133. The Labute approximate surface area is 144 Å². The van der Waals surface area contributed by atoms with Crippen LogP contribution in [0.4, 0.5) is 11.4 Å². The summed E-state index contributed by atoms with van der Waals surface area (Å²) < 4.78 is 5.02. The van der Waals surface area contributed by atoms with E-state index in [1.165, 1.54) is 11.3 Å². The minimum atomic E-state index is -0.262. The van der Waals surface area contributed by atoms with Gasteiger partial charge in [-0.2, -0.15) is 0 Å². The topological polar surface area (TPSA) is 71.5 Å². The van der Waals surface area contributed by atoms with E-state index in [0.29, 0.717) is 24.4 Å². The van der Waals surface area contributed by atoms with Crippen molar-refractivity contribution in [3.63, 3.8) is 0 Å². The van der Waals surface area contributed by atoms with E-state index in [1.54, 1.807) is 17.4 Å². The molecule has 0 bridgehead atoms. The predicted octanol–water partition coefficient (Wildman–Crippen LogP) is 2.98. The highest BCUT2D eigenvalue weighted by Gasteiger charge is 2.24. The number of carbonyl (C=O) groups excluding carboxylic acids is 2. The van der Waals surface area contributed by atoms with Crippen LogP contribution in [0.1, 0.15) is 33.9 Å². The number of hydrogen-bond donors (Lipinski definition) is 1. The predicted molar refractivity (Wildman–Crippen MR) is 93.5 cm³/mol. The van der Waals surface area contributed by atoms with Gasteiger partial charge in [0, 0.05) is 36.8 Å². The van der Waals surface area contributed by atoms with Crippen molar-refractivity contribution in [1.82, 2.24) is 4.98 Å². The molecule has 0 atom stereocenters. The number of hydrogen-bond acceptors (Lipinski definition) is 5. The van der Waals surface area contributed by atoms with E-state index < -0.39 is 0 Å². The second kappa shape index (κ2) is 7.11. The average Bonchev–Trinajstić information content (AvgIpc) is 3.19. The highest BCUT2D eigenvalue weighted by Crippen LogP contribution is 2.30. The first kappa shape index (κ1) is 16.6. The van der Waals surface area contributed by atoms with Crippen molar-refractivity contribution < 1.29 is 14.3 Å². The zero-order chi connectivity index (χ0) is 17.1. The zero-order valence-corrected chi connectivity index (χ0v) is 14.5. The molecule has 1 N–H and O–H groups in total. The molecule has 7 heteroatoms. The minimum Gasteiger partial charge on any atom is -0.378 e. The van der Waals surface area contributed by atoms with Crippen molar-refractivity contribution in [2.45, 2.75) is 26.4 Å². The van der Waals surface area contributed by atoms with Crippen LogP contribution in [0.5, 0.6) is 0 Å². The number of methoxy groups -OCH3 is 1. The van der Waals surface area contributed by atoms with Gasteiger partial charge in [0.2, 0.25) is 5.91 Å². The Kier molecular flexibility index (Phi) is 4.92. The molecule has 0 spiro atoms. The summed E-state index contributed by atoms with van der Waals surface area (Å²) in [7, 11) is 1.59. The highest BCUT2D eigenvalue weighted by molar-refractivity contribution is 7.09. The summed E-state index contributed by atoms with van der Waals surface area (Å²) in [6.07, 6.45) is 1.45. The lowest BCUT2D eigenvalue weighted by molar-refractivity contribution is -0.117. The largest absolute Gasteiger partial charge is 0.378 e. The Bertz CT molecular complexity index is 772. The number of amides is 2. The Morgan fingerprint density at radius 1 is 1.46 bits per heavy atom. The SMILES string of the molecule is COCc1nc(C(=O)Nc2cccc(N3CCCC3=O)c2C)cs1. The fraction of sp³-hybridized carbons (Fsp3) is 0.353. The molecule has 2 aromatic rings. The lowest BCUT2D eigenvalue weighted by Crippen LogP contribution is -2.25. The third-order valence-electron chi connectivity index (χ3n) is 3.97. The van der Waals surface area contributed by atoms with Gasteiger partial charge in [-0.05, 0) is 31.0 Å². The van der Waals surface area contributed by atoms with Crippen molar-refractivity contribution in [1.29, 1.82) is 0 Å². The molecule has 1 aromatic heterocycles. The third kappa shape index (κ3) is 3.32. The molecule has 2 heterocycles. The van der Waals surface area contributed by atoms with Gasteiger partial charge < -0.3 is 15.0 Å². The van der Waals surface area contributed by atoms with Crippen molar-refractivity contribution in [2.75, 3.05) is 23.9 Å². The summed E-state index contributed by atoms with van der Waals surface area (Å²) in [5, 5.41) is 5.36. The Hall–Kier alpha value is -2.25. The maximum atomic E-state index is 12.4. The molecule has 1 aliphatic heterocycles. The summed E-state index contributed by atoms with van der Waals surface area (Å²) in [4.78, 5) is 30.4. The fourth-order valence-electron chi connectivity index (χ4n) is 2.75. The molecule has 126 valence electrons. The van der Waals surface area contributed by atoms with Gasteiger partial charge in [0.15, 0.2) is 0 Å². The van der Waals surface area contributed by atoms with E-state index >= 15 is 0 Å². The molecule has 1 saturated heterocycles. The van der Waals surface area contributed by atoms with Crippen LogP contribution >= 0.6 is 11.3 Å². The number of anilines is 2. The molecule has 0 saturated carbocycles. The Morgan fingerprint density at radius 3 is 3.00 bits per heavy atom. The van der Waals surface area contributed by atoms with Crippen molar-refractivity contribution in [3.8, 4) is 0 Å². The standard InChI is InChI=1S/C17H19N3O3S/c1-11-12(5-3-6-14(11)20-8-4-7-16(20)21)19-17(22)13-10-24-15(18-13)9-23-2/h3,5-6,10H,4,7-9H2,1-2H3,(H,19,22). The smallest absolute Gasteiger partial charge is 0.275 e. The van der Waals surface area contributed by atoms with E-state index in [-0.39, 0.29) is 11.8 Å². The third-order valence-corrected chi connectivity index (χ3v) is 4.79. The number of nitrogens with one attached hydrogen (secondary N) is 1. The quantitative estimate of drug-likeness (QED) is 0.904. The minimum absolute atomic E-state index is 0.130. The molecule has 2 amide bonds. The maximum absolute atomic E-state index is 12.4. The van der Waals surface area contributed by atoms with Crippen LogP contribution in [0.2, 0.25) is 0 Å². The summed E-state index contributed by atoms with van der Waals surface area (Å²) in [5.41, 5.74) is 2.80. The number of rotatable bonds is 5. The van der Waals surface area contributed by atoms with Crippen molar-refractivity contribution in [3.05, 3.63) is 39.8 Å². The number of carbonyl (C=O) groups is 2. The lowest BCUT2D eigenvalue weighted by atomic mass is 10.1. The second-order valence-electron chi connectivity index (χ2n) is 5.61. The van der Waals surface area contributed by atoms with Crippen LogP contribution in [-0.2, 0) is 16.1 Å². The first-order valence-corrected chi connectivity index (χ1v) is 8.63. The van der Waals surface area contributed by atoms with Gasteiger partial charge in [0.1, 0.15) is 10.7 Å². The van der Waals surface area contributed by atoms with Crippen LogP contribution in [0.15, 0.2) is 23.6 Å². The zero-order valence-electron chi connectivity index (χ0n) is 13.7. The number of aromatic nitrogens is 1. The van der Waals surface area contributed by atoms with Gasteiger partial charge in [-0.15, -0.1) is 11.3 Å². The number of thiazole rings is 1. The van der Waals surface area contributed by atoms with E-state index in [2.05, 4.69) is 10.3 Å². The van der Waals surface area contributed by atoms with Gasteiger partial charge in [-0.1, -0.05) is 6.07 Å². The molecule has 3 rings (SSSR count). The van der Waals surface area contributed by atoms with E-state index in [4.69, 9.17) is 4.74 Å². The lowest BCUT2D eigenvalue weighted by Gasteiger charge is -2.20. The van der Waals surface area contributed by atoms with Gasteiger partial charge in [0.25, 0.3) is 5.91 Å². The Balaban J connectivity index is 1.79. The van der Waals surface area contributed by atoms with Gasteiger partial charge in [-0.25, -0.2) is 4.98 Å². The Morgan fingerprint density at radius 2 is 2.29 bits per heavy atom. The van der Waals surface area contributed by atoms with E-state index in [0.717, 1.165) is 29.2 Å². The molecular weight excluding hydrogens is 326 g/mol. The first-order chi connectivity index (χ1) is 11.6. The molecular formula is C17H19N3O3S. The fourth-order valence-corrected chi connectivity index (χ4v) is 3.49. The maximum Gasteiger partial charge on any atom is 0.275 e. The van der Waals surface area contributed by atoms with Crippen LogP contribution in [-0.4, -0.2) is 30.5 Å². The van der Waals surface area contributed by atoms with E-state index in [9.17, 15) is 9.59 Å². The summed E-state index contributed by atoms with van der Waals surface area (Å²) in [6, 6.07) is 5.59.